The molecule has 0 spiro atoms. The summed E-state index contributed by atoms with van der Waals surface area (Å²) in [6.07, 6.45) is 0. The largest absolute Gasteiger partial charge is 0.494 e. The highest BCUT2D eigenvalue weighted by Gasteiger charge is 2.19. The zero-order valence-electron chi connectivity index (χ0n) is 9.98. The molecule has 0 amide bonds. The molecular formula is C12H14O5. The number of esters is 2. The van der Waals surface area contributed by atoms with Crippen molar-refractivity contribution in [3.8, 4) is 5.75 Å². The smallest absolute Gasteiger partial charge is 0.338 e. The fraction of sp³-hybridized carbons (Fsp3) is 0.333. The average molecular weight is 238 g/mol. The zero-order chi connectivity index (χ0) is 12.8. The van der Waals surface area contributed by atoms with Gasteiger partial charge in [-0.15, -0.1) is 0 Å². The molecule has 1 rings (SSSR count). The van der Waals surface area contributed by atoms with Gasteiger partial charge in [0.25, 0.3) is 0 Å². The van der Waals surface area contributed by atoms with Crippen molar-refractivity contribution < 1.29 is 23.8 Å². The summed E-state index contributed by atoms with van der Waals surface area (Å²) < 4.78 is 14.4. The predicted octanol–water partition coefficient (Wildman–Crippen LogP) is 1.66. The number of carbonyl (C=O) groups excluding carboxylic acids is 2. The number of methoxy groups -OCH3 is 2. The van der Waals surface area contributed by atoms with Crippen molar-refractivity contribution in [1.82, 2.24) is 0 Å². The summed E-state index contributed by atoms with van der Waals surface area (Å²) in [6, 6.07) is 4.53. The molecule has 92 valence electrons. The van der Waals surface area contributed by atoms with Crippen LogP contribution in [-0.2, 0) is 9.47 Å². The van der Waals surface area contributed by atoms with Gasteiger partial charge < -0.3 is 14.2 Å². The first kappa shape index (κ1) is 13.0. The molecule has 0 aliphatic rings. The van der Waals surface area contributed by atoms with Crippen LogP contribution in [0.3, 0.4) is 0 Å². The monoisotopic (exact) mass is 238 g/mol. The van der Waals surface area contributed by atoms with E-state index in [-0.39, 0.29) is 11.1 Å². The van der Waals surface area contributed by atoms with E-state index in [0.29, 0.717) is 12.4 Å². The van der Waals surface area contributed by atoms with Gasteiger partial charge in [-0.3, -0.25) is 0 Å². The van der Waals surface area contributed by atoms with Crippen molar-refractivity contribution in [2.45, 2.75) is 6.92 Å². The predicted molar refractivity (Wildman–Crippen MR) is 60.3 cm³/mol. The van der Waals surface area contributed by atoms with E-state index in [9.17, 15) is 9.59 Å². The van der Waals surface area contributed by atoms with Crippen molar-refractivity contribution in [3.63, 3.8) is 0 Å². The third kappa shape index (κ3) is 2.96. The van der Waals surface area contributed by atoms with E-state index >= 15 is 0 Å². The summed E-state index contributed by atoms with van der Waals surface area (Å²) in [4.78, 5) is 23.0. The van der Waals surface area contributed by atoms with Crippen LogP contribution in [0.4, 0.5) is 0 Å². The van der Waals surface area contributed by atoms with E-state index < -0.39 is 11.9 Å². The van der Waals surface area contributed by atoms with Crippen LogP contribution in [0.2, 0.25) is 0 Å². The summed E-state index contributed by atoms with van der Waals surface area (Å²) in [5, 5.41) is 0. The van der Waals surface area contributed by atoms with E-state index in [0.717, 1.165) is 0 Å². The second-order valence-electron chi connectivity index (χ2n) is 3.12. The Morgan fingerprint density at radius 2 is 1.65 bits per heavy atom. The summed E-state index contributed by atoms with van der Waals surface area (Å²) in [5.41, 5.74) is 0.285. The Morgan fingerprint density at radius 3 is 2.18 bits per heavy atom. The van der Waals surface area contributed by atoms with Crippen LogP contribution in [0.1, 0.15) is 27.6 Å². The summed E-state index contributed by atoms with van der Waals surface area (Å²) in [5.74, 6) is -0.694. The third-order valence-electron chi connectivity index (χ3n) is 2.11. The first-order valence-electron chi connectivity index (χ1n) is 5.07. The van der Waals surface area contributed by atoms with E-state index in [4.69, 9.17) is 4.74 Å². The van der Waals surface area contributed by atoms with Crippen LogP contribution in [0.5, 0.6) is 5.75 Å². The Kier molecular flexibility index (Phi) is 4.51. The molecule has 0 aliphatic heterocycles. The lowest BCUT2D eigenvalue weighted by Crippen LogP contribution is -2.12. The molecule has 0 saturated heterocycles. The molecule has 0 bridgehead atoms. The van der Waals surface area contributed by atoms with Crippen LogP contribution >= 0.6 is 0 Å². The van der Waals surface area contributed by atoms with Gasteiger partial charge in [0.1, 0.15) is 5.75 Å². The number of benzene rings is 1. The molecule has 0 atom stereocenters. The van der Waals surface area contributed by atoms with E-state index in [1.54, 1.807) is 6.07 Å². The average Bonchev–Trinajstić information content (AvgIpc) is 2.37. The normalized spacial score (nSPS) is 9.59. The molecule has 0 aliphatic carbocycles. The molecule has 0 unspecified atom stereocenters. The van der Waals surface area contributed by atoms with Crippen molar-refractivity contribution in [1.29, 1.82) is 0 Å². The number of hydrogen-bond donors (Lipinski definition) is 0. The molecule has 0 fully saturated rings. The van der Waals surface area contributed by atoms with E-state index in [1.165, 1.54) is 26.4 Å². The maximum absolute atomic E-state index is 11.5. The third-order valence-corrected chi connectivity index (χ3v) is 2.11. The molecule has 0 N–H and O–H groups in total. The molecule has 0 heterocycles. The van der Waals surface area contributed by atoms with Crippen molar-refractivity contribution in [2.75, 3.05) is 20.8 Å². The van der Waals surface area contributed by atoms with Crippen LogP contribution in [0.15, 0.2) is 18.2 Å². The maximum atomic E-state index is 11.5. The SMILES string of the molecule is CCOc1ccc(C(=O)OC)c(C(=O)OC)c1. The van der Waals surface area contributed by atoms with Crippen LogP contribution in [0.25, 0.3) is 0 Å². The van der Waals surface area contributed by atoms with Gasteiger partial charge in [0.05, 0.1) is 32.0 Å². The van der Waals surface area contributed by atoms with E-state index in [2.05, 4.69) is 9.47 Å². The zero-order valence-corrected chi connectivity index (χ0v) is 9.98. The van der Waals surface area contributed by atoms with Crippen LogP contribution < -0.4 is 4.74 Å². The number of rotatable bonds is 4. The van der Waals surface area contributed by atoms with Crippen molar-refractivity contribution in [2.24, 2.45) is 0 Å². The van der Waals surface area contributed by atoms with E-state index in [1.807, 2.05) is 6.92 Å². The Labute approximate surface area is 99.3 Å². The molecule has 1 aromatic carbocycles. The lowest BCUT2D eigenvalue weighted by molar-refractivity contribution is 0.0555. The van der Waals surface area contributed by atoms with Gasteiger partial charge in [-0.1, -0.05) is 0 Å². The van der Waals surface area contributed by atoms with Crippen molar-refractivity contribution in [3.05, 3.63) is 29.3 Å². The Morgan fingerprint density at radius 1 is 1.06 bits per heavy atom. The lowest BCUT2D eigenvalue weighted by Gasteiger charge is -2.09. The summed E-state index contributed by atoms with van der Waals surface area (Å²) in [6.45, 7) is 2.30. The highest BCUT2D eigenvalue weighted by molar-refractivity contribution is 6.03. The van der Waals surface area contributed by atoms with Crippen molar-refractivity contribution >= 4 is 11.9 Å². The molecule has 0 saturated carbocycles. The van der Waals surface area contributed by atoms with Gasteiger partial charge in [-0.05, 0) is 25.1 Å². The van der Waals surface area contributed by atoms with Crippen LogP contribution in [-0.4, -0.2) is 32.8 Å². The number of ether oxygens (including phenoxy) is 3. The first-order valence-corrected chi connectivity index (χ1v) is 5.07. The molecule has 1 aromatic rings. The van der Waals surface area contributed by atoms with Crippen LogP contribution in [0, 0.1) is 0 Å². The summed E-state index contributed by atoms with van der Waals surface area (Å²) in [7, 11) is 2.50. The molecule has 0 radical (unpaired) electrons. The number of carbonyl (C=O) groups is 2. The van der Waals surface area contributed by atoms with Gasteiger partial charge in [-0.2, -0.15) is 0 Å². The lowest BCUT2D eigenvalue weighted by atomic mass is 10.1. The minimum atomic E-state index is -0.605. The first-order chi connectivity index (χ1) is 8.13. The minimum absolute atomic E-state index is 0.130. The molecular weight excluding hydrogens is 224 g/mol. The Balaban J connectivity index is 3.21. The highest BCUT2D eigenvalue weighted by Crippen LogP contribution is 2.19. The fourth-order valence-corrected chi connectivity index (χ4v) is 1.35. The molecule has 17 heavy (non-hydrogen) atoms. The Hall–Kier alpha value is -2.04. The number of hydrogen-bond acceptors (Lipinski definition) is 5. The van der Waals surface area contributed by atoms with Gasteiger partial charge in [0.2, 0.25) is 0 Å². The Bertz CT molecular complexity index is 425. The topological polar surface area (TPSA) is 61.8 Å². The second kappa shape index (κ2) is 5.89. The highest BCUT2D eigenvalue weighted by atomic mass is 16.5. The standard InChI is InChI=1S/C12H14O5/c1-4-17-8-5-6-9(11(13)15-2)10(7-8)12(14)16-3/h5-7H,4H2,1-3H3. The van der Waals surface area contributed by atoms with Gasteiger partial charge >= 0.3 is 11.9 Å². The maximum Gasteiger partial charge on any atom is 0.338 e. The fourth-order valence-electron chi connectivity index (χ4n) is 1.35. The quantitative estimate of drug-likeness (QED) is 0.746. The second-order valence-corrected chi connectivity index (χ2v) is 3.12. The molecule has 5 nitrogen and oxygen atoms in total. The van der Waals surface area contributed by atoms with Gasteiger partial charge in [0.15, 0.2) is 0 Å². The van der Waals surface area contributed by atoms with Gasteiger partial charge in [-0.25, -0.2) is 9.59 Å². The van der Waals surface area contributed by atoms with Gasteiger partial charge in [0, 0.05) is 0 Å². The minimum Gasteiger partial charge on any atom is -0.494 e. The molecule has 5 heteroatoms. The summed E-state index contributed by atoms with van der Waals surface area (Å²) >= 11 is 0. The molecule has 0 aromatic heterocycles.